The smallest absolute Gasteiger partial charge is 0.305 e. The molecule has 1 heterocycles. The maximum absolute atomic E-state index is 12.0. The zero-order valence-corrected chi connectivity index (χ0v) is 12.0. The van der Waals surface area contributed by atoms with Crippen molar-refractivity contribution in [3.8, 4) is 0 Å². The van der Waals surface area contributed by atoms with E-state index in [1.165, 1.54) is 6.07 Å². The van der Waals surface area contributed by atoms with Crippen molar-refractivity contribution in [2.75, 3.05) is 0 Å². The molecule has 2 rings (SSSR count). The number of rotatable bonds is 5. The summed E-state index contributed by atoms with van der Waals surface area (Å²) < 4.78 is 5.59. The molecule has 0 bridgehead atoms. The lowest BCUT2D eigenvalue weighted by atomic mass is 10.0. The van der Waals surface area contributed by atoms with Gasteiger partial charge in [-0.15, -0.1) is 0 Å². The third-order valence-corrected chi connectivity index (χ3v) is 3.11. The van der Waals surface area contributed by atoms with Crippen molar-refractivity contribution in [1.82, 2.24) is 5.32 Å². The molecule has 104 valence electrons. The second-order valence-corrected chi connectivity index (χ2v) is 4.92. The maximum atomic E-state index is 12.0. The van der Waals surface area contributed by atoms with Gasteiger partial charge in [0, 0.05) is 0 Å². The molecule has 20 heavy (non-hydrogen) atoms. The molecule has 0 aliphatic carbocycles. The van der Waals surface area contributed by atoms with Gasteiger partial charge in [0.1, 0.15) is 0 Å². The number of hydrogen-bond acceptors (Lipinski definition) is 3. The van der Waals surface area contributed by atoms with E-state index in [0.717, 1.165) is 5.56 Å². The SMILES string of the molecule is O=C(O)CC(NC(=O)c1ccc(Br)o1)c1ccccc1. The number of nitrogens with one attached hydrogen (secondary N) is 1. The van der Waals surface area contributed by atoms with Gasteiger partial charge in [-0.2, -0.15) is 0 Å². The van der Waals surface area contributed by atoms with E-state index in [-0.39, 0.29) is 12.2 Å². The topological polar surface area (TPSA) is 79.5 Å². The maximum Gasteiger partial charge on any atom is 0.305 e. The average molecular weight is 338 g/mol. The number of amides is 1. The van der Waals surface area contributed by atoms with Gasteiger partial charge in [0.2, 0.25) is 0 Å². The largest absolute Gasteiger partial charge is 0.481 e. The Morgan fingerprint density at radius 3 is 2.45 bits per heavy atom. The lowest BCUT2D eigenvalue weighted by molar-refractivity contribution is -0.137. The van der Waals surface area contributed by atoms with Crippen LogP contribution in [0.25, 0.3) is 0 Å². The highest BCUT2D eigenvalue weighted by Crippen LogP contribution is 2.19. The van der Waals surface area contributed by atoms with Crippen molar-refractivity contribution in [2.24, 2.45) is 0 Å². The number of halogens is 1. The molecule has 1 aromatic heterocycles. The third-order valence-electron chi connectivity index (χ3n) is 2.68. The quantitative estimate of drug-likeness (QED) is 0.878. The molecule has 2 aromatic rings. The van der Waals surface area contributed by atoms with Crippen molar-refractivity contribution in [3.63, 3.8) is 0 Å². The molecular formula is C14H12BrNO4. The van der Waals surface area contributed by atoms with E-state index in [9.17, 15) is 9.59 Å². The number of hydrogen-bond donors (Lipinski definition) is 2. The fourth-order valence-electron chi connectivity index (χ4n) is 1.78. The Bertz CT molecular complexity index is 609. The third kappa shape index (κ3) is 3.71. The van der Waals surface area contributed by atoms with Crippen LogP contribution >= 0.6 is 15.9 Å². The van der Waals surface area contributed by atoms with Gasteiger partial charge in [0.15, 0.2) is 10.4 Å². The van der Waals surface area contributed by atoms with E-state index in [4.69, 9.17) is 9.52 Å². The van der Waals surface area contributed by atoms with Crippen molar-refractivity contribution < 1.29 is 19.1 Å². The van der Waals surface area contributed by atoms with Gasteiger partial charge in [-0.1, -0.05) is 30.3 Å². The van der Waals surface area contributed by atoms with Crippen molar-refractivity contribution in [3.05, 3.63) is 58.5 Å². The fraction of sp³-hybridized carbons (Fsp3) is 0.143. The summed E-state index contributed by atoms with van der Waals surface area (Å²) in [5.74, 6) is -1.31. The molecule has 0 fully saturated rings. The molecule has 1 amide bonds. The van der Waals surface area contributed by atoms with Crippen LogP contribution in [0.2, 0.25) is 0 Å². The second kappa shape index (κ2) is 6.38. The van der Waals surface area contributed by atoms with E-state index in [1.807, 2.05) is 6.07 Å². The minimum Gasteiger partial charge on any atom is -0.481 e. The summed E-state index contributed by atoms with van der Waals surface area (Å²) in [6.45, 7) is 0. The standard InChI is InChI=1S/C14H12BrNO4/c15-12-7-6-11(20-12)14(19)16-10(8-13(17)18)9-4-2-1-3-5-9/h1-7,10H,8H2,(H,16,19)(H,17,18). The molecular weight excluding hydrogens is 326 g/mol. The van der Waals surface area contributed by atoms with Gasteiger partial charge in [-0.25, -0.2) is 0 Å². The molecule has 0 saturated carbocycles. The van der Waals surface area contributed by atoms with E-state index >= 15 is 0 Å². The van der Waals surface area contributed by atoms with Gasteiger partial charge in [0.25, 0.3) is 5.91 Å². The van der Waals surface area contributed by atoms with Crippen molar-refractivity contribution in [1.29, 1.82) is 0 Å². The highest BCUT2D eigenvalue weighted by atomic mass is 79.9. The van der Waals surface area contributed by atoms with Gasteiger partial charge in [-0.3, -0.25) is 9.59 Å². The second-order valence-electron chi connectivity index (χ2n) is 4.14. The first kappa shape index (κ1) is 14.3. The minimum absolute atomic E-state index is 0.128. The first-order valence-corrected chi connectivity index (χ1v) is 6.68. The van der Waals surface area contributed by atoms with Gasteiger partial charge in [0.05, 0.1) is 12.5 Å². The van der Waals surface area contributed by atoms with Crippen LogP contribution in [0.3, 0.4) is 0 Å². The lowest BCUT2D eigenvalue weighted by Gasteiger charge is -2.16. The highest BCUT2D eigenvalue weighted by molar-refractivity contribution is 9.10. The summed E-state index contributed by atoms with van der Waals surface area (Å²) in [6, 6.07) is 11.5. The summed E-state index contributed by atoms with van der Waals surface area (Å²) in [5.41, 5.74) is 0.730. The Morgan fingerprint density at radius 2 is 1.90 bits per heavy atom. The van der Waals surface area contributed by atoms with Crippen LogP contribution in [0, 0.1) is 0 Å². The molecule has 1 aromatic carbocycles. The summed E-state index contributed by atoms with van der Waals surface area (Å²) in [7, 11) is 0. The van der Waals surface area contributed by atoms with Crippen LogP contribution < -0.4 is 5.32 Å². The Kier molecular flexibility index (Phi) is 4.57. The fourth-order valence-corrected chi connectivity index (χ4v) is 2.08. The molecule has 0 radical (unpaired) electrons. The predicted octanol–water partition coefficient (Wildman–Crippen LogP) is 2.99. The van der Waals surface area contributed by atoms with Crippen LogP contribution in [0.15, 0.2) is 51.6 Å². The normalized spacial score (nSPS) is 11.8. The Labute approximate surface area is 123 Å². The predicted molar refractivity (Wildman–Crippen MR) is 75.3 cm³/mol. The number of carboxylic acid groups (broad SMARTS) is 1. The van der Waals surface area contributed by atoms with Crippen LogP contribution in [0.5, 0.6) is 0 Å². The molecule has 6 heteroatoms. The Balaban J connectivity index is 2.16. The molecule has 0 aliphatic rings. The first-order chi connectivity index (χ1) is 9.56. The molecule has 2 N–H and O–H groups in total. The average Bonchev–Trinajstić information content (AvgIpc) is 2.85. The zero-order valence-electron chi connectivity index (χ0n) is 10.4. The summed E-state index contributed by atoms with van der Waals surface area (Å²) in [4.78, 5) is 22.9. The Hall–Kier alpha value is -2.08. The monoisotopic (exact) mass is 337 g/mol. The number of carboxylic acids is 1. The van der Waals surface area contributed by atoms with Crippen molar-refractivity contribution >= 4 is 27.8 Å². The van der Waals surface area contributed by atoms with E-state index in [2.05, 4.69) is 21.2 Å². The minimum atomic E-state index is -0.986. The number of furan rings is 1. The number of benzene rings is 1. The van der Waals surface area contributed by atoms with Crippen LogP contribution in [-0.2, 0) is 4.79 Å². The van der Waals surface area contributed by atoms with Gasteiger partial charge in [-0.05, 0) is 33.6 Å². The molecule has 0 aliphatic heterocycles. The molecule has 1 unspecified atom stereocenters. The lowest BCUT2D eigenvalue weighted by Crippen LogP contribution is -2.29. The molecule has 0 spiro atoms. The van der Waals surface area contributed by atoms with Gasteiger partial charge < -0.3 is 14.8 Å². The summed E-state index contributed by atoms with van der Waals surface area (Å²) in [5, 5.41) is 11.6. The highest BCUT2D eigenvalue weighted by Gasteiger charge is 2.20. The first-order valence-electron chi connectivity index (χ1n) is 5.89. The van der Waals surface area contributed by atoms with E-state index in [0.29, 0.717) is 4.67 Å². The summed E-state index contributed by atoms with van der Waals surface area (Å²) in [6.07, 6.45) is -0.197. The molecule has 5 nitrogen and oxygen atoms in total. The zero-order chi connectivity index (χ0) is 14.5. The van der Waals surface area contributed by atoms with Crippen LogP contribution in [-0.4, -0.2) is 17.0 Å². The molecule has 0 saturated heterocycles. The van der Waals surface area contributed by atoms with E-state index < -0.39 is 17.9 Å². The van der Waals surface area contributed by atoms with Gasteiger partial charge >= 0.3 is 5.97 Å². The van der Waals surface area contributed by atoms with Crippen LogP contribution in [0.1, 0.15) is 28.6 Å². The number of aliphatic carboxylic acids is 1. The van der Waals surface area contributed by atoms with Crippen LogP contribution in [0.4, 0.5) is 0 Å². The summed E-state index contributed by atoms with van der Waals surface area (Å²) >= 11 is 3.11. The molecule has 1 atom stereocenters. The number of carbonyl (C=O) groups excluding carboxylic acids is 1. The van der Waals surface area contributed by atoms with Crippen molar-refractivity contribution in [2.45, 2.75) is 12.5 Å². The Morgan fingerprint density at radius 1 is 1.20 bits per heavy atom. The van der Waals surface area contributed by atoms with E-state index in [1.54, 1.807) is 30.3 Å². The number of carbonyl (C=O) groups is 2.